The smallest absolute Gasteiger partial charge is 0.259 e. The molecule has 3 nitrogen and oxygen atoms in total. The Hall–Kier alpha value is -2.29. The first-order valence-corrected chi connectivity index (χ1v) is 6.34. The lowest BCUT2D eigenvalue weighted by Gasteiger charge is -2.19. The van der Waals surface area contributed by atoms with E-state index in [1.165, 1.54) is 5.56 Å². The number of anilines is 2. The third kappa shape index (κ3) is 1.78. The number of carbonyl (C=O) groups is 1. The van der Waals surface area contributed by atoms with Gasteiger partial charge in [-0.1, -0.05) is 18.2 Å². The predicted octanol–water partition coefficient (Wildman–Crippen LogP) is 3.05. The van der Waals surface area contributed by atoms with Gasteiger partial charge in [0.2, 0.25) is 0 Å². The van der Waals surface area contributed by atoms with Crippen LogP contribution in [0.15, 0.2) is 36.4 Å². The van der Waals surface area contributed by atoms with Crippen molar-refractivity contribution in [2.45, 2.75) is 20.4 Å². The van der Waals surface area contributed by atoms with Crippen LogP contribution in [0.25, 0.3) is 0 Å². The largest absolute Gasteiger partial charge is 0.399 e. The first-order chi connectivity index (χ1) is 9.08. The van der Waals surface area contributed by atoms with E-state index in [1.54, 1.807) is 6.07 Å². The van der Waals surface area contributed by atoms with E-state index in [0.717, 1.165) is 22.4 Å². The molecule has 0 bridgehead atoms. The van der Waals surface area contributed by atoms with Gasteiger partial charge >= 0.3 is 0 Å². The molecule has 0 spiro atoms. The van der Waals surface area contributed by atoms with Gasteiger partial charge in [-0.15, -0.1) is 0 Å². The van der Waals surface area contributed by atoms with Crippen LogP contribution in [0.5, 0.6) is 0 Å². The second kappa shape index (κ2) is 4.12. The molecule has 0 unspecified atom stereocenters. The molecule has 3 rings (SSSR count). The predicted molar refractivity (Wildman–Crippen MR) is 77.3 cm³/mol. The van der Waals surface area contributed by atoms with Crippen LogP contribution in [0.2, 0.25) is 0 Å². The van der Waals surface area contributed by atoms with Crippen LogP contribution in [0, 0.1) is 13.8 Å². The van der Waals surface area contributed by atoms with Crippen molar-refractivity contribution in [2.24, 2.45) is 0 Å². The summed E-state index contributed by atoms with van der Waals surface area (Å²) >= 11 is 0. The van der Waals surface area contributed by atoms with Crippen molar-refractivity contribution in [1.82, 2.24) is 0 Å². The van der Waals surface area contributed by atoms with Gasteiger partial charge in [0.05, 0.1) is 6.54 Å². The number of nitrogen functional groups attached to an aromatic ring is 1. The Morgan fingerprint density at radius 2 is 1.95 bits per heavy atom. The maximum atomic E-state index is 12.5. The van der Waals surface area contributed by atoms with Gasteiger partial charge in [-0.05, 0) is 48.7 Å². The summed E-state index contributed by atoms with van der Waals surface area (Å²) in [5.41, 5.74) is 11.5. The average molecular weight is 252 g/mol. The fraction of sp³-hybridized carbons (Fsp3) is 0.188. The molecular weight excluding hydrogens is 236 g/mol. The highest BCUT2D eigenvalue weighted by atomic mass is 16.2. The molecule has 1 heterocycles. The van der Waals surface area contributed by atoms with Crippen LogP contribution in [-0.4, -0.2) is 5.91 Å². The molecule has 0 saturated heterocycles. The van der Waals surface area contributed by atoms with E-state index in [9.17, 15) is 4.79 Å². The van der Waals surface area contributed by atoms with Crippen LogP contribution in [0.4, 0.5) is 11.4 Å². The van der Waals surface area contributed by atoms with E-state index in [2.05, 4.69) is 19.9 Å². The number of amides is 1. The van der Waals surface area contributed by atoms with Crippen LogP contribution >= 0.6 is 0 Å². The van der Waals surface area contributed by atoms with E-state index in [1.807, 2.05) is 29.2 Å². The average Bonchev–Trinajstić information content (AvgIpc) is 2.70. The number of carbonyl (C=O) groups excluding carboxylic acids is 1. The second-order valence-electron chi connectivity index (χ2n) is 5.03. The van der Waals surface area contributed by atoms with Crippen LogP contribution in [0.1, 0.15) is 27.0 Å². The number of hydrogen-bond acceptors (Lipinski definition) is 2. The molecule has 2 aromatic carbocycles. The Labute approximate surface area is 112 Å². The summed E-state index contributed by atoms with van der Waals surface area (Å²) in [6.45, 7) is 4.73. The summed E-state index contributed by atoms with van der Waals surface area (Å²) in [5.74, 6) is 0.0380. The highest BCUT2D eigenvalue weighted by Gasteiger charge is 2.29. The zero-order valence-electron chi connectivity index (χ0n) is 11.1. The van der Waals surface area contributed by atoms with Crippen molar-refractivity contribution in [3.8, 4) is 0 Å². The number of fused-ring (bicyclic) bond motifs is 1. The molecule has 2 N–H and O–H groups in total. The Balaban J connectivity index is 2.07. The first kappa shape index (κ1) is 11.8. The minimum absolute atomic E-state index is 0.0380. The van der Waals surface area contributed by atoms with Crippen LogP contribution in [-0.2, 0) is 6.54 Å². The summed E-state index contributed by atoms with van der Waals surface area (Å²) in [7, 11) is 0. The lowest BCUT2D eigenvalue weighted by Crippen LogP contribution is -2.24. The number of rotatable bonds is 1. The van der Waals surface area contributed by atoms with Gasteiger partial charge in [0.25, 0.3) is 5.91 Å². The van der Waals surface area contributed by atoms with Crippen molar-refractivity contribution < 1.29 is 4.79 Å². The number of nitrogens with two attached hydrogens (primary N) is 1. The summed E-state index contributed by atoms with van der Waals surface area (Å²) in [6.07, 6.45) is 0. The van der Waals surface area contributed by atoms with Gasteiger partial charge in [-0.25, -0.2) is 0 Å². The highest BCUT2D eigenvalue weighted by molar-refractivity contribution is 6.10. The Morgan fingerprint density at radius 3 is 2.74 bits per heavy atom. The van der Waals surface area contributed by atoms with Crippen LogP contribution in [0.3, 0.4) is 0 Å². The Bertz CT molecular complexity index is 676. The maximum absolute atomic E-state index is 12.5. The molecule has 19 heavy (non-hydrogen) atoms. The third-order valence-electron chi connectivity index (χ3n) is 3.80. The molecule has 0 radical (unpaired) electrons. The molecule has 0 atom stereocenters. The molecule has 0 fully saturated rings. The fourth-order valence-corrected chi connectivity index (χ4v) is 2.54. The van der Waals surface area contributed by atoms with Crippen molar-refractivity contribution in [2.75, 3.05) is 10.6 Å². The van der Waals surface area contributed by atoms with Gasteiger partial charge in [-0.2, -0.15) is 0 Å². The lowest BCUT2D eigenvalue weighted by molar-refractivity contribution is 0.0996. The topological polar surface area (TPSA) is 46.3 Å². The van der Waals surface area contributed by atoms with Crippen molar-refractivity contribution in [3.05, 3.63) is 58.7 Å². The minimum Gasteiger partial charge on any atom is -0.399 e. The van der Waals surface area contributed by atoms with E-state index in [4.69, 9.17) is 5.73 Å². The van der Waals surface area contributed by atoms with Gasteiger partial charge in [0.1, 0.15) is 0 Å². The Kier molecular flexibility index (Phi) is 2.56. The molecule has 96 valence electrons. The molecule has 1 aliphatic heterocycles. The van der Waals surface area contributed by atoms with E-state index < -0.39 is 0 Å². The number of benzene rings is 2. The monoisotopic (exact) mass is 252 g/mol. The van der Waals surface area contributed by atoms with E-state index in [-0.39, 0.29) is 5.91 Å². The molecule has 1 amide bonds. The van der Waals surface area contributed by atoms with Gasteiger partial charge in [-0.3, -0.25) is 4.79 Å². The quantitative estimate of drug-likeness (QED) is 0.793. The lowest BCUT2D eigenvalue weighted by atomic mass is 10.1. The summed E-state index contributed by atoms with van der Waals surface area (Å²) in [4.78, 5) is 14.3. The normalized spacial score (nSPS) is 13.8. The van der Waals surface area contributed by atoms with Gasteiger partial charge in [0, 0.05) is 16.9 Å². The fourth-order valence-electron chi connectivity index (χ4n) is 2.54. The molecule has 0 aromatic heterocycles. The van der Waals surface area contributed by atoms with Gasteiger partial charge < -0.3 is 10.6 Å². The van der Waals surface area contributed by atoms with Crippen molar-refractivity contribution in [1.29, 1.82) is 0 Å². The molecule has 1 aliphatic rings. The third-order valence-corrected chi connectivity index (χ3v) is 3.80. The minimum atomic E-state index is 0.0380. The molecular formula is C16H16N2O. The Morgan fingerprint density at radius 1 is 1.16 bits per heavy atom. The summed E-state index contributed by atoms with van der Waals surface area (Å²) < 4.78 is 0. The zero-order valence-corrected chi connectivity index (χ0v) is 11.1. The number of hydrogen-bond donors (Lipinski definition) is 1. The SMILES string of the molecule is Cc1cccc(N2Cc3ccc(N)cc3C2=O)c1C. The standard InChI is InChI=1S/C16H16N2O/c1-10-4-3-5-15(11(10)2)18-9-12-6-7-13(17)8-14(12)16(18)19/h3-8H,9,17H2,1-2H3. The summed E-state index contributed by atoms with van der Waals surface area (Å²) in [6, 6.07) is 11.6. The molecule has 3 heteroatoms. The highest BCUT2D eigenvalue weighted by Crippen LogP contribution is 2.32. The molecule has 0 saturated carbocycles. The molecule has 2 aromatic rings. The van der Waals surface area contributed by atoms with E-state index >= 15 is 0 Å². The van der Waals surface area contributed by atoms with Crippen molar-refractivity contribution in [3.63, 3.8) is 0 Å². The second-order valence-corrected chi connectivity index (χ2v) is 5.03. The van der Waals surface area contributed by atoms with E-state index in [0.29, 0.717) is 12.2 Å². The zero-order chi connectivity index (χ0) is 13.6. The van der Waals surface area contributed by atoms with Crippen molar-refractivity contribution >= 4 is 17.3 Å². The van der Waals surface area contributed by atoms with Crippen LogP contribution < -0.4 is 10.6 Å². The molecule has 0 aliphatic carbocycles. The first-order valence-electron chi connectivity index (χ1n) is 6.34. The number of aryl methyl sites for hydroxylation is 1. The maximum Gasteiger partial charge on any atom is 0.259 e. The summed E-state index contributed by atoms with van der Waals surface area (Å²) in [5, 5.41) is 0. The number of nitrogens with zero attached hydrogens (tertiary/aromatic N) is 1. The van der Waals surface area contributed by atoms with Gasteiger partial charge in [0.15, 0.2) is 0 Å².